The van der Waals surface area contributed by atoms with E-state index >= 15 is 0 Å². The van der Waals surface area contributed by atoms with Gasteiger partial charge in [-0.1, -0.05) is 18.2 Å². The zero-order valence-electron chi connectivity index (χ0n) is 10.7. The minimum absolute atomic E-state index is 0.140. The summed E-state index contributed by atoms with van der Waals surface area (Å²) in [5.41, 5.74) is 5.68. The summed E-state index contributed by atoms with van der Waals surface area (Å²) in [6.07, 6.45) is 1.54. The number of aromatic carboxylic acids is 1. The molecule has 2 aromatic rings. The van der Waals surface area contributed by atoms with Crippen LogP contribution in [0.3, 0.4) is 0 Å². The van der Waals surface area contributed by atoms with Crippen molar-refractivity contribution < 1.29 is 14.7 Å². The third kappa shape index (κ3) is 2.63. The maximum Gasteiger partial charge on any atom is 0.358 e. The van der Waals surface area contributed by atoms with Crippen LogP contribution in [0.1, 0.15) is 17.4 Å². The maximum absolute atomic E-state index is 11.2. The van der Waals surface area contributed by atoms with Crippen molar-refractivity contribution in [2.45, 2.75) is 13.5 Å². The molecule has 2 heterocycles. The molecule has 0 fully saturated rings. The van der Waals surface area contributed by atoms with Gasteiger partial charge in [0.2, 0.25) is 5.91 Å². The van der Waals surface area contributed by atoms with Gasteiger partial charge in [-0.05, 0) is 12.1 Å². The summed E-state index contributed by atoms with van der Waals surface area (Å²) in [7, 11) is 0. The largest absolute Gasteiger partial charge is 0.476 e. The molecule has 0 aromatic carbocycles. The zero-order chi connectivity index (χ0) is 14.7. The lowest BCUT2D eigenvalue weighted by Gasteiger charge is -2.10. The van der Waals surface area contributed by atoms with Crippen LogP contribution in [0.4, 0.5) is 0 Å². The summed E-state index contributed by atoms with van der Waals surface area (Å²) >= 11 is 0. The number of amides is 1. The summed E-state index contributed by atoms with van der Waals surface area (Å²) in [6.45, 7) is 1.77. The van der Waals surface area contributed by atoms with Crippen LogP contribution in [0, 0.1) is 5.92 Å². The lowest BCUT2D eigenvalue weighted by molar-refractivity contribution is -0.121. The van der Waals surface area contributed by atoms with E-state index in [0.29, 0.717) is 5.69 Å². The molecule has 0 radical (unpaired) electrons. The topological polar surface area (TPSA) is 124 Å². The number of hydrogen-bond donors (Lipinski definition) is 2. The molecule has 0 saturated carbocycles. The summed E-state index contributed by atoms with van der Waals surface area (Å²) < 4.78 is 1.33. The van der Waals surface area contributed by atoms with Gasteiger partial charge in [0.1, 0.15) is 5.69 Å². The minimum Gasteiger partial charge on any atom is -0.476 e. The van der Waals surface area contributed by atoms with Crippen molar-refractivity contribution in [2.24, 2.45) is 11.7 Å². The van der Waals surface area contributed by atoms with E-state index in [9.17, 15) is 9.59 Å². The zero-order valence-corrected chi connectivity index (χ0v) is 10.7. The van der Waals surface area contributed by atoms with Crippen LogP contribution >= 0.6 is 0 Å². The number of hydrogen-bond acceptors (Lipinski definition) is 5. The molecule has 0 aliphatic rings. The number of nitrogens with zero attached hydrogens (tertiary/aromatic N) is 4. The summed E-state index contributed by atoms with van der Waals surface area (Å²) in [5.74, 6) is -2.20. The number of aromatic nitrogens is 4. The quantitative estimate of drug-likeness (QED) is 0.800. The molecule has 20 heavy (non-hydrogen) atoms. The normalized spacial score (nSPS) is 12.1. The Morgan fingerprint density at radius 3 is 2.75 bits per heavy atom. The summed E-state index contributed by atoms with van der Waals surface area (Å²) in [6, 6.07) is 5.09. The summed E-state index contributed by atoms with van der Waals surface area (Å²) in [5, 5.41) is 16.5. The van der Waals surface area contributed by atoms with Crippen molar-refractivity contribution in [3.05, 3.63) is 30.1 Å². The Morgan fingerprint density at radius 2 is 2.20 bits per heavy atom. The van der Waals surface area contributed by atoms with Crippen LogP contribution in [-0.4, -0.2) is 37.0 Å². The molecule has 2 aromatic heterocycles. The molecule has 3 N–H and O–H groups in total. The van der Waals surface area contributed by atoms with E-state index in [4.69, 9.17) is 10.8 Å². The van der Waals surface area contributed by atoms with Crippen molar-refractivity contribution in [3.8, 4) is 11.4 Å². The molecule has 0 bridgehead atoms. The number of carboxylic acids is 1. The minimum atomic E-state index is -1.20. The number of rotatable bonds is 5. The van der Waals surface area contributed by atoms with E-state index in [1.807, 2.05) is 0 Å². The molecule has 0 aliphatic heterocycles. The average molecular weight is 275 g/mol. The molecule has 1 amide bonds. The van der Waals surface area contributed by atoms with Crippen LogP contribution in [0.15, 0.2) is 24.4 Å². The Hall–Kier alpha value is -2.77. The van der Waals surface area contributed by atoms with E-state index in [2.05, 4.69) is 15.3 Å². The van der Waals surface area contributed by atoms with Crippen LogP contribution < -0.4 is 5.73 Å². The summed E-state index contributed by atoms with van der Waals surface area (Å²) in [4.78, 5) is 26.4. The fraction of sp³-hybridized carbons (Fsp3) is 0.250. The van der Waals surface area contributed by atoms with E-state index in [0.717, 1.165) is 0 Å². The first-order valence-corrected chi connectivity index (χ1v) is 5.88. The molecule has 0 spiro atoms. The monoisotopic (exact) mass is 275 g/mol. The highest BCUT2D eigenvalue weighted by Crippen LogP contribution is 2.20. The Labute approximate surface area is 114 Å². The van der Waals surface area contributed by atoms with E-state index in [-0.39, 0.29) is 17.9 Å². The molecule has 104 valence electrons. The van der Waals surface area contributed by atoms with Crippen LogP contribution in [0.5, 0.6) is 0 Å². The van der Waals surface area contributed by atoms with Gasteiger partial charge in [-0.25, -0.2) is 9.48 Å². The van der Waals surface area contributed by atoms with Gasteiger partial charge in [-0.15, -0.1) is 5.10 Å². The van der Waals surface area contributed by atoms with E-state index in [1.54, 1.807) is 25.1 Å². The van der Waals surface area contributed by atoms with Crippen molar-refractivity contribution in [1.82, 2.24) is 20.0 Å². The standard InChI is InChI=1S/C12H13N5O3/c1-7(11(13)18)6-17-10(8-4-2-3-5-14-8)9(12(19)20)15-16-17/h2-5,7H,6H2,1H3,(H2,13,18)(H,19,20). The molecule has 2 rings (SSSR count). The Morgan fingerprint density at radius 1 is 1.45 bits per heavy atom. The van der Waals surface area contributed by atoms with E-state index < -0.39 is 17.8 Å². The molecule has 1 unspecified atom stereocenters. The second-order valence-electron chi connectivity index (χ2n) is 4.29. The van der Waals surface area contributed by atoms with Gasteiger partial charge in [0.15, 0.2) is 5.69 Å². The average Bonchev–Trinajstić information content (AvgIpc) is 2.83. The smallest absolute Gasteiger partial charge is 0.358 e. The van der Waals surface area contributed by atoms with Gasteiger partial charge >= 0.3 is 5.97 Å². The fourth-order valence-corrected chi connectivity index (χ4v) is 1.69. The first-order chi connectivity index (χ1) is 9.50. The maximum atomic E-state index is 11.2. The van der Waals surface area contributed by atoms with Gasteiger partial charge < -0.3 is 10.8 Å². The Kier molecular flexibility index (Phi) is 3.74. The van der Waals surface area contributed by atoms with Crippen LogP contribution in [0.2, 0.25) is 0 Å². The number of pyridine rings is 1. The molecule has 8 nitrogen and oxygen atoms in total. The van der Waals surface area contributed by atoms with Crippen molar-refractivity contribution in [2.75, 3.05) is 0 Å². The molecular formula is C12H13N5O3. The first kappa shape index (κ1) is 13.7. The number of carbonyl (C=O) groups excluding carboxylic acids is 1. The van der Waals surface area contributed by atoms with Crippen molar-refractivity contribution in [3.63, 3.8) is 0 Å². The van der Waals surface area contributed by atoms with Gasteiger partial charge in [0.25, 0.3) is 0 Å². The second-order valence-corrected chi connectivity index (χ2v) is 4.29. The first-order valence-electron chi connectivity index (χ1n) is 5.88. The molecule has 0 aliphatic carbocycles. The second kappa shape index (κ2) is 5.47. The molecular weight excluding hydrogens is 262 g/mol. The van der Waals surface area contributed by atoms with Gasteiger partial charge in [0.05, 0.1) is 18.2 Å². The molecule has 8 heteroatoms. The lowest BCUT2D eigenvalue weighted by Crippen LogP contribution is -2.25. The van der Waals surface area contributed by atoms with Gasteiger partial charge in [-0.3, -0.25) is 9.78 Å². The highest BCUT2D eigenvalue weighted by molar-refractivity contribution is 5.92. The third-order valence-electron chi connectivity index (χ3n) is 2.78. The van der Waals surface area contributed by atoms with Crippen molar-refractivity contribution in [1.29, 1.82) is 0 Å². The Balaban J connectivity index is 2.48. The SMILES string of the molecule is CC(Cn1nnc(C(=O)O)c1-c1ccccn1)C(N)=O. The predicted octanol–water partition coefficient (Wildman–Crippen LogP) is 0.160. The fourth-order valence-electron chi connectivity index (χ4n) is 1.69. The highest BCUT2D eigenvalue weighted by Gasteiger charge is 2.23. The number of primary amides is 1. The third-order valence-corrected chi connectivity index (χ3v) is 2.78. The number of carboxylic acid groups (broad SMARTS) is 1. The van der Waals surface area contributed by atoms with Crippen LogP contribution in [-0.2, 0) is 11.3 Å². The van der Waals surface area contributed by atoms with Gasteiger partial charge in [-0.2, -0.15) is 0 Å². The van der Waals surface area contributed by atoms with E-state index in [1.165, 1.54) is 10.9 Å². The molecule has 0 saturated heterocycles. The Bertz CT molecular complexity index is 638. The number of carbonyl (C=O) groups is 2. The van der Waals surface area contributed by atoms with Crippen LogP contribution in [0.25, 0.3) is 11.4 Å². The predicted molar refractivity (Wildman–Crippen MR) is 68.6 cm³/mol. The molecule has 1 atom stereocenters. The highest BCUT2D eigenvalue weighted by atomic mass is 16.4. The van der Waals surface area contributed by atoms with Gasteiger partial charge in [0, 0.05) is 6.20 Å². The number of nitrogens with two attached hydrogens (primary N) is 1. The van der Waals surface area contributed by atoms with Crippen molar-refractivity contribution >= 4 is 11.9 Å². The lowest BCUT2D eigenvalue weighted by atomic mass is 10.1.